The second-order valence-electron chi connectivity index (χ2n) is 11.1. The van der Waals surface area contributed by atoms with Gasteiger partial charge < -0.3 is 34.3 Å². The lowest BCUT2D eigenvalue weighted by Gasteiger charge is -2.49. The first-order valence-corrected chi connectivity index (χ1v) is 15.0. The Hall–Kier alpha value is -4.27. The Morgan fingerprint density at radius 1 is 1.14 bits per heavy atom. The van der Waals surface area contributed by atoms with Crippen LogP contribution in [0.3, 0.4) is 0 Å². The number of nitrogens with zero attached hydrogens (tertiary/aromatic N) is 1. The molecule has 3 heterocycles. The smallest absolute Gasteiger partial charge is 0.408 e. The van der Waals surface area contributed by atoms with E-state index in [9.17, 15) is 28.8 Å². The number of carbonyl (C=O) groups is 6. The molecule has 1 saturated heterocycles. The van der Waals surface area contributed by atoms with Gasteiger partial charge in [-0.15, -0.1) is 11.8 Å². The van der Waals surface area contributed by atoms with Gasteiger partial charge in [0.15, 0.2) is 0 Å². The number of alkyl carbamates (subject to hydrolysis) is 1. The van der Waals surface area contributed by atoms with E-state index in [1.165, 1.54) is 24.9 Å². The number of amides is 3. The number of esters is 3. The van der Waals surface area contributed by atoms with Gasteiger partial charge in [0.05, 0.1) is 12.5 Å². The lowest BCUT2D eigenvalue weighted by molar-refractivity contribution is -0.168. The van der Waals surface area contributed by atoms with Crippen LogP contribution in [-0.4, -0.2) is 82.9 Å². The molecule has 0 aromatic carbocycles. The fourth-order valence-electron chi connectivity index (χ4n) is 4.87. The van der Waals surface area contributed by atoms with Gasteiger partial charge in [-0.05, 0) is 56.4 Å². The maximum Gasteiger partial charge on any atom is 0.408 e. The summed E-state index contributed by atoms with van der Waals surface area (Å²) >= 11 is 1.25. The van der Waals surface area contributed by atoms with Crippen LogP contribution in [0.4, 0.5) is 4.79 Å². The van der Waals surface area contributed by atoms with Crippen molar-refractivity contribution in [1.29, 1.82) is 0 Å². The summed E-state index contributed by atoms with van der Waals surface area (Å²) in [5.74, 6) is -3.19. The summed E-state index contributed by atoms with van der Waals surface area (Å²) in [6.45, 7) is 6.95. The second-order valence-corrected chi connectivity index (χ2v) is 12.3. The summed E-state index contributed by atoms with van der Waals surface area (Å²) in [5.41, 5.74) is 1.62. The van der Waals surface area contributed by atoms with E-state index in [0.717, 1.165) is 16.0 Å². The van der Waals surface area contributed by atoms with E-state index in [1.807, 2.05) is 0 Å². The zero-order valence-corrected chi connectivity index (χ0v) is 25.9. The highest BCUT2D eigenvalue weighted by atomic mass is 32.2. The van der Waals surface area contributed by atoms with Crippen LogP contribution < -0.4 is 10.6 Å². The highest BCUT2D eigenvalue weighted by molar-refractivity contribution is 8.00. The molecular weight excluding hydrogens is 598 g/mol. The highest BCUT2D eigenvalue weighted by Crippen LogP contribution is 2.41. The van der Waals surface area contributed by atoms with Gasteiger partial charge in [-0.2, -0.15) is 0 Å². The van der Waals surface area contributed by atoms with Gasteiger partial charge >= 0.3 is 24.0 Å². The molecule has 0 spiro atoms. The zero-order valence-electron chi connectivity index (χ0n) is 25.1. The molecule has 4 aliphatic rings. The van der Waals surface area contributed by atoms with Crippen molar-refractivity contribution in [3.8, 4) is 0 Å². The summed E-state index contributed by atoms with van der Waals surface area (Å²) in [5, 5.41) is 4.69. The summed E-state index contributed by atoms with van der Waals surface area (Å²) < 4.78 is 25.6. The number of nitrogens with one attached hydrogen (secondary N) is 2. The molecule has 0 saturated carbocycles. The number of allylic oxidation sites excluding steroid dienone is 3. The molecule has 0 radical (unpaired) electrons. The summed E-state index contributed by atoms with van der Waals surface area (Å²) in [6.07, 6.45) is 5.10. The Balaban J connectivity index is 1.54. The van der Waals surface area contributed by atoms with Crippen molar-refractivity contribution in [3.05, 3.63) is 46.6 Å². The van der Waals surface area contributed by atoms with E-state index in [1.54, 1.807) is 40.0 Å². The van der Waals surface area contributed by atoms with Gasteiger partial charge in [0.2, 0.25) is 12.7 Å². The number of hydrogen-bond donors (Lipinski definition) is 2. The molecule has 1 fully saturated rings. The fourth-order valence-corrected chi connectivity index (χ4v) is 6.20. The Morgan fingerprint density at radius 2 is 1.89 bits per heavy atom. The van der Waals surface area contributed by atoms with Crippen LogP contribution in [0.5, 0.6) is 0 Å². The van der Waals surface area contributed by atoms with E-state index in [4.69, 9.17) is 23.7 Å². The van der Waals surface area contributed by atoms with Crippen molar-refractivity contribution in [2.45, 2.75) is 76.9 Å². The van der Waals surface area contributed by atoms with E-state index >= 15 is 0 Å². The Morgan fingerprint density at radius 3 is 2.57 bits per heavy atom. The number of fused-ring (bicyclic) bond motifs is 2. The molecule has 2 N–H and O–H groups in total. The van der Waals surface area contributed by atoms with Gasteiger partial charge in [0, 0.05) is 24.7 Å². The SMILES string of the molecule is CCC(=O)OCOC(=O)C1=C(COC(C)=O)CSC2C(NC(=O)C(NC(=O)OC(C)(C)C)C3=C4C=COC=C4CC3)C(=O)N12. The maximum atomic E-state index is 13.7. The van der Waals surface area contributed by atoms with Gasteiger partial charge in [-0.1, -0.05) is 6.92 Å². The van der Waals surface area contributed by atoms with Crippen molar-refractivity contribution in [3.63, 3.8) is 0 Å². The van der Waals surface area contributed by atoms with E-state index < -0.39 is 65.7 Å². The van der Waals surface area contributed by atoms with Crippen LogP contribution in [0.15, 0.2) is 46.6 Å². The molecule has 3 atom stereocenters. The summed E-state index contributed by atoms with van der Waals surface area (Å²) in [4.78, 5) is 77.1. The van der Waals surface area contributed by atoms with E-state index in [0.29, 0.717) is 24.0 Å². The molecule has 1 aliphatic carbocycles. The number of β-lactam (4-membered cyclic amide) rings is 1. The van der Waals surface area contributed by atoms with Crippen LogP contribution in [0, 0.1) is 0 Å². The fraction of sp³-hybridized carbons (Fsp3) is 0.517. The molecule has 3 amide bonds. The van der Waals surface area contributed by atoms with Gasteiger partial charge in [-0.3, -0.25) is 24.1 Å². The minimum atomic E-state index is -1.16. The lowest BCUT2D eigenvalue weighted by Crippen LogP contribution is -2.72. The van der Waals surface area contributed by atoms with Crippen LogP contribution in [0.25, 0.3) is 0 Å². The van der Waals surface area contributed by atoms with Crippen molar-refractivity contribution in [2.75, 3.05) is 19.2 Å². The molecule has 0 bridgehead atoms. The van der Waals surface area contributed by atoms with Crippen LogP contribution in [0.2, 0.25) is 0 Å². The predicted molar refractivity (Wildman–Crippen MR) is 154 cm³/mol. The third-order valence-corrected chi connectivity index (χ3v) is 8.18. The third kappa shape index (κ3) is 7.44. The number of thioether (sulfide) groups is 1. The standard InChI is InChI=1S/C29H35N3O11S/c1-6-20(34)41-14-42-27(37)23-17(12-40-15(2)33)13-44-26-22(25(36)32(23)26)30-24(35)21(31-28(38)43-29(3,4)5)19-8-7-16-11-39-10-9-18(16)19/h9-11,21-22,26H,6-8,12-14H2,1-5H3,(H,30,35)(H,31,38). The number of ether oxygens (including phenoxy) is 5. The first kappa shape index (κ1) is 32.6. The molecule has 15 heteroatoms. The Bertz CT molecular complexity index is 1370. The molecule has 4 rings (SSSR count). The number of carbonyl (C=O) groups excluding carboxylic acids is 6. The van der Waals surface area contributed by atoms with Crippen molar-refractivity contribution < 1.29 is 52.5 Å². The zero-order chi connectivity index (χ0) is 32.2. The maximum absolute atomic E-state index is 13.7. The molecule has 3 unspecified atom stereocenters. The molecule has 238 valence electrons. The Kier molecular flexibility index (Phi) is 10.1. The minimum Gasteiger partial charge on any atom is -0.472 e. The molecule has 14 nitrogen and oxygen atoms in total. The summed E-state index contributed by atoms with van der Waals surface area (Å²) in [7, 11) is 0. The van der Waals surface area contributed by atoms with Gasteiger partial charge in [0.25, 0.3) is 5.91 Å². The second kappa shape index (κ2) is 13.6. The average molecular weight is 634 g/mol. The van der Waals surface area contributed by atoms with Crippen LogP contribution >= 0.6 is 11.8 Å². The number of hydrogen-bond acceptors (Lipinski definition) is 12. The topological polar surface area (TPSA) is 176 Å². The van der Waals surface area contributed by atoms with E-state index in [2.05, 4.69) is 10.6 Å². The number of rotatable bonds is 10. The average Bonchev–Trinajstić information content (AvgIpc) is 3.39. The van der Waals surface area contributed by atoms with Crippen LogP contribution in [-0.2, 0) is 47.7 Å². The molecular formula is C29H35N3O11S. The first-order valence-electron chi connectivity index (χ1n) is 14.0. The highest BCUT2D eigenvalue weighted by Gasteiger charge is 2.55. The normalized spacial score (nSPS) is 21.2. The Labute approximate surface area is 258 Å². The third-order valence-electron chi connectivity index (χ3n) is 6.84. The molecule has 3 aliphatic heterocycles. The van der Waals surface area contributed by atoms with Crippen molar-refractivity contribution >= 4 is 47.6 Å². The molecule has 44 heavy (non-hydrogen) atoms. The van der Waals surface area contributed by atoms with Crippen molar-refractivity contribution in [1.82, 2.24) is 15.5 Å². The minimum absolute atomic E-state index is 0.0759. The first-order chi connectivity index (χ1) is 20.8. The quantitative estimate of drug-likeness (QED) is 0.155. The van der Waals surface area contributed by atoms with Crippen LogP contribution in [0.1, 0.15) is 53.9 Å². The van der Waals surface area contributed by atoms with E-state index in [-0.39, 0.29) is 24.5 Å². The molecule has 0 aromatic heterocycles. The lowest BCUT2D eigenvalue weighted by atomic mass is 9.98. The molecule has 0 aromatic rings. The summed E-state index contributed by atoms with van der Waals surface area (Å²) in [6, 6.07) is -2.20. The van der Waals surface area contributed by atoms with Gasteiger partial charge in [-0.25, -0.2) is 9.59 Å². The van der Waals surface area contributed by atoms with Gasteiger partial charge in [0.1, 0.15) is 35.4 Å². The monoisotopic (exact) mass is 633 g/mol. The largest absolute Gasteiger partial charge is 0.472 e. The van der Waals surface area contributed by atoms with Crippen molar-refractivity contribution in [2.24, 2.45) is 0 Å². The predicted octanol–water partition coefficient (Wildman–Crippen LogP) is 2.07.